The number of fused-ring (bicyclic) bond motifs is 1. The number of nitrogens with one attached hydrogen (secondary N) is 1. The average molecular weight is 560 g/mol. The monoisotopic (exact) mass is 559 g/mol. The Labute approximate surface area is 216 Å². The molecule has 0 amide bonds. The number of aliphatic hydroxyl groups is 6. The van der Waals surface area contributed by atoms with Gasteiger partial charge in [-0.25, -0.2) is 13.8 Å². The molecule has 0 radical (unpaired) electrons. The number of hydrogen-bond donors (Lipinski definition) is 9. The van der Waals surface area contributed by atoms with E-state index in [1.165, 1.54) is 10.9 Å². The van der Waals surface area contributed by atoms with Gasteiger partial charge in [-0.15, -0.1) is 0 Å². The van der Waals surface area contributed by atoms with E-state index in [4.69, 9.17) is 25.4 Å². The number of nitrogen functional groups attached to an aromatic ring is 1. The van der Waals surface area contributed by atoms with Crippen LogP contribution in [-0.2, 0) is 9.47 Å². The lowest BCUT2D eigenvalue weighted by Gasteiger charge is -2.16. The second kappa shape index (κ2) is 10.9. The number of aromatic amines is 1. The molecule has 0 aromatic carbocycles. The Morgan fingerprint density at radius 1 is 0.947 bits per heavy atom. The third kappa shape index (κ3) is 4.86. The fourth-order valence-corrected chi connectivity index (χ4v) is 4.15. The number of thiol groups is 1. The van der Waals surface area contributed by atoms with Gasteiger partial charge < -0.3 is 45.8 Å². The predicted octanol–water partition coefficient (Wildman–Crippen LogP) is -5.37. The van der Waals surface area contributed by atoms with Crippen molar-refractivity contribution in [3.63, 3.8) is 0 Å². The molecule has 2 aliphatic heterocycles. The summed E-state index contributed by atoms with van der Waals surface area (Å²) >= 11 is 3.88. The zero-order chi connectivity index (χ0) is 27.9. The Morgan fingerprint density at radius 2 is 1.50 bits per heavy atom. The number of H-pyrrole nitrogens is 1. The van der Waals surface area contributed by atoms with Gasteiger partial charge in [-0.1, -0.05) is 12.8 Å². The highest BCUT2D eigenvalue weighted by Crippen LogP contribution is 2.31. The second-order valence-corrected chi connectivity index (χ2v) is 8.79. The zero-order valence-electron chi connectivity index (χ0n) is 19.3. The minimum Gasteiger partial charge on any atom is -0.394 e. The van der Waals surface area contributed by atoms with E-state index in [9.17, 15) is 34.8 Å². The van der Waals surface area contributed by atoms with E-state index in [0.717, 1.165) is 20.8 Å². The minimum absolute atomic E-state index is 0.00283. The quantitative estimate of drug-likeness (QED) is 0.135. The molecule has 2 saturated heterocycles. The van der Waals surface area contributed by atoms with Gasteiger partial charge in [-0.3, -0.25) is 23.7 Å². The van der Waals surface area contributed by atoms with E-state index in [2.05, 4.69) is 22.8 Å². The first kappa shape index (κ1) is 27.9. The second-order valence-electron chi connectivity index (χ2n) is 8.39. The normalized spacial score (nSPS) is 30.9. The van der Waals surface area contributed by atoms with Crippen LogP contribution in [0.3, 0.4) is 0 Å². The molecule has 38 heavy (non-hydrogen) atoms. The number of rotatable bonds is 4. The summed E-state index contributed by atoms with van der Waals surface area (Å²) in [5.74, 6) is -0.149. The molecule has 8 atom stereocenters. The van der Waals surface area contributed by atoms with Gasteiger partial charge in [0.1, 0.15) is 36.6 Å². The first-order chi connectivity index (χ1) is 18.0. The van der Waals surface area contributed by atoms with E-state index >= 15 is 0 Å². The van der Waals surface area contributed by atoms with Crippen LogP contribution in [0.4, 0.5) is 5.95 Å². The molecule has 19 heteroatoms. The third-order valence-electron chi connectivity index (χ3n) is 6.03. The van der Waals surface area contributed by atoms with Crippen LogP contribution in [0.5, 0.6) is 0 Å². The Morgan fingerprint density at radius 3 is 2.00 bits per heavy atom. The lowest BCUT2D eigenvalue weighted by atomic mass is 10.1. The molecule has 5 rings (SSSR count). The highest BCUT2D eigenvalue weighted by atomic mass is 32.1. The van der Waals surface area contributed by atoms with Gasteiger partial charge in [0.2, 0.25) is 5.95 Å². The molecule has 3 aromatic rings. The summed E-state index contributed by atoms with van der Waals surface area (Å²) in [4.78, 5) is 44.1. The number of nitrogens with two attached hydrogens (primary N) is 1. The van der Waals surface area contributed by atoms with Gasteiger partial charge in [-0.05, 0) is 0 Å². The number of imidazole rings is 1. The van der Waals surface area contributed by atoms with Crippen molar-refractivity contribution < 1.29 is 40.1 Å². The van der Waals surface area contributed by atoms with Crippen LogP contribution >= 0.6 is 12.8 Å². The van der Waals surface area contributed by atoms with Gasteiger partial charge in [-0.2, -0.15) is 4.98 Å². The topological polar surface area (TPSA) is 273 Å². The lowest BCUT2D eigenvalue weighted by Crippen LogP contribution is -2.37. The summed E-state index contributed by atoms with van der Waals surface area (Å²) in [6.45, 7) is -0.937. The van der Waals surface area contributed by atoms with Crippen molar-refractivity contribution in [2.24, 2.45) is 0 Å². The molecular formula is C19H25N7O11S. The van der Waals surface area contributed by atoms with E-state index in [1.807, 2.05) is 4.98 Å². The Hall–Kier alpha value is -3.14. The molecule has 9 N–H and O–H groups in total. The Balaban J connectivity index is 0.000000181. The molecule has 208 valence electrons. The molecular weight excluding hydrogens is 534 g/mol. The Kier molecular flexibility index (Phi) is 8.01. The highest BCUT2D eigenvalue weighted by molar-refractivity contribution is 7.78. The van der Waals surface area contributed by atoms with Gasteiger partial charge in [0.15, 0.2) is 23.6 Å². The van der Waals surface area contributed by atoms with E-state index in [0.29, 0.717) is 0 Å². The van der Waals surface area contributed by atoms with Gasteiger partial charge >= 0.3 is 5.69 Å². The summed E-state index contributed by atoms with van der Waals surface area (Å²) in [6, 6.07) is 1.09. The summed E-state index contributed by atoms with van der Waals surface area (Å²) in [5.41, 5.74) is 3.77. The first-order valence-corrected chi connectivity index (χ1v) is 11.4. The molecule has 0 saturated carbocycles. The number of hydrogen-bond acceptors (Lipinski definition) is 15. The first-order valence-electron chi connectivity index (χ1n) is 11.0. The van der Waals surface area contributed by atoms with Crippen molar-refractivity contribution in [1.82, 2.24) is 28.1 Å². The van der Waals surface area contributed by atoms with Crippen molar-refractivity contribution in [2.75, 3.05) is 18.9 Å². The zero-order valence-corrected chi connectivity index (χ0v) is 20.1. The standard InChI is InChI=1S/C10H13N5O5S.C9H12N2O6/c11-10-13-7-4(8(19)15(10)21)12-2-14(7)9-6(18)5(17)3(1-16)20-9;12-3-4-6(14)7(15)8(17-4)11-2-1-5(13)10-9(11)16/h2-3,5-6,9,16-18,21H,1H2,(H2,11,13);1-2,4,6-8,12,14-15H,3H2,(H,10,13,16)/t3-,5-,6-,9-;4-,6-,7-,8-/m11/s1. The number of anilines is 1. The van der Waals surface area contributed by atoms with Crippen LogP contribution < -0.4 is 22.5 Å². The molecule has 18 nitrogen and oxygen atoms in total. The molecule has 0 aliphatic carbocycles. The Bertz CT molecular complexity index is 1470. The van der Waals surface area contributed by atoms with Crippen LogP contribution in [0, 0.1) is 0 Å². The summed E-state index contributed by atoms with van der Waals surface area (Å²) in [5, 5.41) is 56.9. The van der Waals surface area contributed by atoms with Crippen molar-refractivity contribution in [2.45, 2.75) is 49.1 Å². The number of ether oxygens (including phenoxy) is 2. The molecule has 0 bridgehead atoms. The number of aromatic nitrogens is 6. The van der Waals surface area contributed by atoms with Crippen molar-refractivity contribution in [1.29, 1.82) is 0 Å². The van der Waals surface area contributed by atoms with Crippen molar-refractivity contribution >= 4 is 29.9 Å². The van der Waals surface area contributed by atoms with Crippen LogP contribution in [-0.4, -0.2) is 109 Å². The van der Waals surface area contributed by atoms with Crippen LogP contribution in [0.2, 0.25) is 0 Å². The maximum absolute atomic E-state index is 11.9. The van der Waals surface area contributed by atoms with Crippen LogP contribution in [0.1, 0.15) is 12.5 Å². The molecule has 2 fully saturated rings. The fourth-order valence-electron chi connectivity index (χ4n) is 4.01. The number of nitrogens with zero attached hydrogens (tertiary/aromatic N) is 5. The maximum Gasteiger partial charge on any atom is 0.330 e. The molecule has 0 unspecified atom stereocenters. The summed E-state index contributed by atoms with van der Waals surface area (Å²) in [6.07, 6.45) is -6.89. The highest BCUT2D eigenvalue weighted by Gasteiger charge is 2.44. The van der Waals surface area contributed by atoms with Gasteiger partial charge in [0, 0.05) is 12.3 Å². The van der Waals surface area contributed by atoms with Crippen molar-refractivity contribution in [3.8, 4) is 0 Å². The summed E-state index contributed by atoms with van der Waals surface area (Å²) in [7, 11) is 0. The predicted molar refractivity (Wildman–Crippen MR) is 128 cm³/mol. The lowest BCUT2D eigenvalue weighted by molar-refractivity contribution is -0.0550. The third-order valence-corrected chi connectivity index (χ3v) is 6.42. The molecule has 2 aliphatic rings. The van der Waals surface area contributed by atoms with Crippen LogP contribution in [0.15, 0.2) is 33.0 Å². The summed E-state index contributed by atoms with van der Waals surface area (Å²) < 4.78 is 13.6. The van der Waals surface area contributed by atoms with Gasteiger partial charge in [0.05, 0.1) is 19.5 Å². The SMILES string of the molecule is Nc1nc2c(ncn2[C@@H]2O[C@H](CO)[C@@H](O)[C@H]2O)c(=O)n1S.O=c1ccn([C@@H]2O[C@H](CO)[C@@H](O)[C@H]2O)c(=O)[nH]1. The maximum atomic E-state index is 11.9. The fraction of sp³-hybridized carbons (Fsp3) is 0.526. The van der Waals surface area contributed by atoms with E-state index in [-0.39, 0.29) is 17.1 Å². The van der Waals surface area contributed by atoms with E-state index in [1.54, 1.807) is 0 Å². The largest absolute Gasteiger partial charge is 0.394 e. The number of aliphatic hydroxyl groups excluding tert-OH is 6. The molecule has 0 spiro atoms. The average Bonchev–Trinajstić information content (AvgIpc) is 3.52. The molecule has 5 heterocycles. The smallest absolute Gasteiger partial charge is 0.330 e. The van der Waals surface area contributed by atoms with Crippen LogP contribution in [0.25, 0.3) is 11.2 Å². The van der Waals surface area contributed by atoms with Gasteiger partial charge in [0.25, 0.3) is 11.1 Å². The molecule has 3 aromatic heterocycles. The van der Waals surface area contributed by atoms with Crippen molar-refractivity contribution in [3.05, 3.63) is 49.8 Å². The minimum atomic E-state index is -1.35. The van der Waals surface area contributed by atoms with E-state index < -0.39 is 79.1 Å².